The number of aryl methyl sites for hydroxylation is 1. The summed E-state index contributed by atoms with van der Waals surface area (Å²) in [6.07, 6.45) is 3.85. The van der Waals surface area contributed by atoms with Crippen molar-refractivity contribution in [1.29, 1.82) is 0 Å². The SMILES string of the molecule is CCCCc1ccc(NC(=S)NC[C@H]2C[NH+](CC(C)C)CCO2)cc1. The first-order valence-electron chi connectivity index (χ1n) is 9.65. The monoisotopic (exact) mass is 364 g/mol. The van der Waals surface area contributed by atoms with Gasteiger partial charge in [0.05, 0.1) is 13.2 Å². The molecule has 2 rings (SSSR count). The van der Waals surface area contributed by atoms with E-state index in [1.165, 1.54) is 24.9 Å². The second-order valence-corrected chi connectivity index (χ2v) is 7.84. The number of benzene rings is 1. The van der Waals surface area contributed by atoms with E-state index in [4.69, 9.17) is 17.0 Å². The van der Waals surface area contributed by atoms with E-state index < -0.39 is 0 Å². The van der Waals surface area contributed by atoms with E-state index in [2.05, 4.69) is 55.7 Å². The number of rotatable bonds is 8. The van der Waals surface area contributed by atoms with Gasteiger partial charge in [-0.25, -0.2) is 0 Å². The lowest BCUT2D eigenvalue weighted by Crippen LogP contribution is -3.15. The minimum atomic E-state index is 0.235. The number of morpholine rings is 1. The number of nitrogens with one attached hydrogen (secondary N) is 3. The fraction of sp³-hybridized carbons (Fsp3) is 0.650. The summed E-state index contributed by atoms with van der Waals surface area (Å²) in [7, 11) is 0. The topological polar surface area (TPSA) is 37.7 Å². The molecule has 0 aliphatic carbocycles. The summed E-state index contributed by atoms with van der Waals surface area (Å²) in [6.45, 7) is 11.8. The van der Waals surface area contributed by atoms with E-state index in [1.54, 1.807) is 4.90 Å². The zero-order chi connectivity index (χ0) is 18.1. The predicted molar refractivity (Wildman–Crippen MR) is 109 cm³/mol. The Morgan fingerprint density at radius 2 is 2.08 bits per heavy atom. The van der Waals surface area contributed by atoms with Crippen molar-refractivity contribution in [1.82, 2.24) is 5.32 Å². The summed E-state index contributed by atoms with van der Waals surface area (Å²) >= 11 is 5.42. The van der Waals surface area contributed by atoms with Gasteiger partial charge in [-0.05, 0) is 42.8 Å². The van der Waals surface area contributed by atoms with Crippen LogP contribution < -0.4 is 15.5 Å². The van der Waals surface area contributed by atoms with E-state index in [0.717, 1.165) is 44.3 Å². The lowest BCUT2D eigenvalue weighted by Gasteiger charge is -2.31. The van der Waals surface area contributed by atoms with Crippen molar-refractivity contribution in [2.45, 2.75) is 46.1 Å². The Morgan fingerprint density at radius 1 is 1.32 bits per heavy atom. The molecular weight excluding hydrogens is 330 g/mol. The molecule has 1 unspecified atom stereocenters. The van der Waals surface area contributed by atoms with Crippen molar-refractivity contribution in [2.24, 2.45) is 5.92 Å². The number of ether oxygens (including phenoxy) is 1. The lowest BCUT2D eigenvalue weighted by molar-refractivity contribution is -0.914. The molecule has 25 heavy (non-hydrogen) atoms. The van der Waals surface area contributed by atoms with Crippen LogP contribution in [-0.4, -0.2) is 44.0 Å². The number of unbranched alkanes of at least 4 members (excludes halogenated alkanes) is 1. The molecule has 140 valence electrons. The van der Waals surface area contributed by atoms with Crippen LogP contribution in [0.3, 0.4) is 0 Å². The highest BCUT2D eigenvalue weighted by atomic mass is 32.1. The smallest absolute Gasteiger partial charge is 0.170 e. The minimum absolute atomic E-state index is 0.235. The molecule has 0 spiro atoms. The number of hydrogen-bond acceptors (Lipinski definition) is 2. The number of hydrogen-bond donors (Lipinski definition) is 3. The van der Waals surface area contributed by atoms with Crippen molar-refractivity contribution in [3.8, 4) is 0 Å². The van der Waals surface area contributed by atoms with Crippen LogP contribution in [-0.2, 0) is 11.2 Å². The highest BCUT2D eigenvalue weighted by molar-refractivity contribution is 7.80. The third-order valence-corrected chi connectivity index (χ3v) is 4.79. The number of thiocarbonyl (C=S) groups is 1. The second kappa shape index (κ2) is 10.7. The van der Waals surface area contributed by atoms with Gasteiger partial charge in [0.2, 0.25) is 0 Å². The van der Waals surface area contributed by atoms with E-state index in [9.17, 15) is 0 Å². The Labute approximate surface area is 158 Å². The molecule has 2 atom stereocenters. The van der Waals surface area contributed by atoms with Gasteiger partial charge in [0.15, 0.2) is 5.11 Å². The zero-order valence-corrected chi connectivity index (χ0v) is 16.8. The molecule has 1 saturated heterocycles. The molecule has 1 aromatic rings. The Kier molecular flexibility index (Phi) is 8.65. The van der Waals surface area contributed by atoms with Gasteiger partial charge in [-0.1, -0.05) is 39.3 Å². The second-order valence-electron chi connectivity index (χ2n) is 7.43. The zero-order valence-electron chi connectivity index (χ0n) is 15.9. The van der Waals surface area contributed by atoms with E-state index >= 15 is 0 Å². The van der Waals surface area contributed by atoms with Gasteiger partial charge in [-0.15, -0.1) is 0 Å². The Morgan fingerprint density at radius 3 is 2.76 bits per heavy atom. The summed E-state index contributed by atoms with van der Waals surface area (Å²) in [4.78, 5) is 1.63. The van der Waals surface area contributed by atoms with Crippen LogP contribution in [0.1, 0.15) is 39.2 Å². The molecule has 1 fully saturated rings. The Bertz CT molecular complexity index is 518. The molecule has 0 radical (unpaired) electrons. The molecule has 0 aromatic heterocycles. The number of anilines is 1. The van der Waals surface area contributed by atoms with Crippen LogP contribution in [0, 0.1) is 5.92 Å². The summed E-state index contributed by atoms with van der Waals surface area (Å²) in [5.41, 5.74) is 2.42. The quantitative estimate of drug-likeness (QED) is 0.619. The summed E-state index contributed by atoms with van der Waals surface area (Å²) in [5, 5.41) is 7.24. The van der Waals surface area contributed by atoms with Crippen LogP contribution in [0.15, 0.2) is 24.3 Å². The van der Waals surface area contributed by atoms with Crippen LogP contribution in [0.25, 0.3) is 0 Å². The average Bonchev–Trinajstić information content (AvgIpc) is 2.59. The Hall–Kier alpha value is -1.17. The average molecular weight is 365 g/mol. The van der Waals surface area contributed by atoms with Crippen molar-refractivity contribution in [3.05, 3.63) is 29.8 Å². The number of quaternary nitrogens is 1. The maximum absolute atomic E-state index is 5.87. The molecular formula is C20H34N3OS+. The van der Waals surface area contributed by atoms with Crippen LogP contribution in [0.5, 0.6) is 0 Å². The van der Waals surface area contributed by atoms with Gasteiger partial charge in [0, 0.05) is 18.2 Å². The van der Waals surface area contributed by atoms with Crippen molar-refractivity contribution >= 4 is 23.0 Å². The van der Waals surface area contributed by atoms with Gasteiger partial charge in [0.1, 0.15) is 19.2 Å². The molecule has 1 heterocycles. The fourth-order valence-corrected chi connectivity index (χ4v) is 3.47. The highest BCUT2D eigenvalue weighted by Crippen LogP contribution is 2.11. The maximum Gasteiger partial charge on any atom is 0.170 e. The predicted octanol–water partition coefficient (Wildman–Crippen LogP) is 2.26. The van der Waals surface area contributed by atoms with E-state index in [0.29, 0.717) is 5.11 Å². The molecule has 1 aliphatic heterocycles. The standard InChI is InChI=1S/C20H33N3OS/c1-4-5-6-17-7-9-18(10-8-17)22-20(25)21-13-19-15-23(11-12-24-19)14-16(2)3/h7-10,16,19H,4-6,11-15H2,1-3H3,(H2,21,22,25)/p+1/t19-/m0/s1. The molecule has 3 N–H and O–H groups in total. The fourth-order valence-electron chi connectivity index (χ4n) is 3.26. The molecule has 0 bridgehead atoms. The van der Waals surface area contributed by atoms with E-state index in [1.807, 2.05) is 0 Å². The highest BCUT2D eigenvalue weighted by Gasteiger charge is 2.24. The Balaban J connectivity index is 1.71. The first kappa shape index (κ1) is 20.1. The molecule has 5 heteroatoms. The van der Waals surface area contributed by atoms with Crippen molar-refractivity contribution in [2.75, 3.05) is 38.1 Å². The lowest BCUT2D eigenvalue weighted by atomic mass is 10.1. The molecule has 0 saturated carbocycles. The van der Waals surface area contributed by atoms with Gasteiger partial charge in [0.25, 0.3) is 0 Å². The van der Waals surface area contributed by atoms with Crippen LogP contribution in [0.2, 0.25) is 0 Å². The van der Waals surface area contributed by atoms with Gasteiger partial charge in [-0.3, -0.25) is 0 Å². The van der Waals surface area contributed by atoms with Crippen LogP contribution in [0.4, 0.5) is 5.69 Å². The molecule has 1 aliphatic rings. The first-order valence-corrected chi connectivity index (χ1v) is 10.1. The maximum atomic E-state index is 5.87. The van der Waals surface area contributed by atoms with Gasteiger partial charge in [-0.2, -0.15) is 0 Å². The van der Waals surface area contributed by atoms with Gasteiger partial charge >= 0.3 is 0 Å². The normalized spacial score (nSPS) is 20.5. The summed E-state index contributed by atoms with van der Waals surface area (Å²) in [5.74, 6) is 0.727. The summed E-state index contributed by atoms with van der Waals surface area (Å²) in [6, 6.07) is 8.56. The first-order chi connectivity index (χ1) is 12.1. The van der Waals surface area contributed by atoms with Gasteiger partial charge < -0.3 is 20.3 Å². The largest absolute Gasteiger partial charge is 0.365 e. The van der Waals surface area contributed by atoms with Crippen molar-refractivity contribution < 1.29 is 9.64 Å². The van der Waals surface area contributed by atoms with E-state index in [-0.39, 0.29) is 6.10 Å². The third kappa shape index (κ3) is 7.72. The molecule has 4 nitrogen and oxygen atoms in total. The summed E-state index contributed by atoms with van der Waals surface area (Å²) < 4.78 is 5.87. The molecule has 1 aromatic carbocycles. The van der Waals surface area contributed by atoms with Crippen LogP contribution >= 0.6 is 12.2 Å². The van der Waals surface area contributed by atoms with Crippen molar-refractivity contribution in [3.63, 3.8) is 0 Å². The minimum Gasteiger partial charge on any atom is -0.365 e. The molecule has 0 amide bonds. The third-order valence-electron chi connectivity index (χ3n) is 4.54.